The lowest BCUT2D eigenvalue weighted by atomic mass is 10.1. The van der Waals surface area contributed by atoms with E-state index in [1.807, 2.05) is 4.90 Å². The Balaban J connectivity index is 1.87. The van der Waals surface area contributed by atoms with E-state index in [1.54, 1.807) is 4.90 Å². The van der Waals surface area contributed by atoms with E-state index in [0.717, 1.165) is 25.9 Å². The molecule has 2 aliphatic heterocycles. The predicted molar refractivity (Wildman–Crippen MR) is 68.8 cm³/mol. The minimum absolute atomic E-state index is 0.0721. The molecule has 18 heavy (non-hydrogen) atoms. The van der Waals surface area contributed by atoms with Crippen LogP contribution in [0.1, 0.15) is 19.3 Å². The number of sulfonamides is 1. The van der Waals surface area contributed by atoms with Gasteiger partial charge in [-0.1, -0.05) is 0 Å². The molecule has 104 valence electrons. The van der Waals surface area contributed by atoms with Crippen LogP contribution in [0.2, 0.25) is 0 Å². The summed E-state index contributed by atoms with van der Waals surface area (Å²) in [6.07, 6.45) is 4.57. The van der Waals surface area contributed by atoms with Gasteiger partial charge in [0.05, 0.1) is 6.26 Å². The van der Waals surface area contributed by atoms with E-state index < -0.39 is 10.0 Å². The molecule has 0 aromatic heterocycles. The van der Waals surface area contributed by atoms with E-state index in [1.165, 1.54) is 17.0 Å². The van der Waals surface area contributed by atoms with Gasteiger partial charge in [-0.05, 0) is 19.3 Å². The van der Waals surface area contributed by atoms with Crippen molar-refractivity contribution in [1.82, 2.24) is 14.1 Å². The number of piperazine rings is 1. The molecule has 0 saturated carbocycles. The smallest absolute Gasteiger partial charge is 0.320 e. The first-order valence-electron chi connectivity index (χ1n) is 6.47. The average molecular weight is 275 g/mol. The van der Waals surface area contributed by atoms with Gasteiger partial charge in [0.2, 0.25) is 10.0 Å². The largest absolute Gasteiger partial charge is 0.325 e. The fourth-order valence-electron chi connectivity index (χ4n) is 2.50. The number of piperidine rings is 1. The lowest BCUT2D eigenvalue weighted by Gasteiger charge is -2.37. The van der Waals surface area contributed by atoms with Crippen molar-refractivity contribution in [3.05, 3.63) is 0 Å². The van der Waals surface area contributed by atoms with Gasteiger partial charge >= 0.3 is 6.03 Å². The van der Waals surface area contributed by atoms with E-state index in [9.17, 15) is 13.2 Å². The highest BCUT2D eigenvalue weighted by molar-refractivity contribution is 7.88. The zero-order valence-corrected chi connectivity index (χ0v) is 11.7. The van der Waals surface area contributed by atoms with Crippen molar-refractivity contribution < 1.29 is 13.2 Å². The Bertz CT molecular complexity index is 396. The standard InChI is InChI=1S/C11H21N3O3S/c1-18(16,17)14-9-7-13(8-10-14)11(15)12-5-3-2-4-6-12/h2-10H2,1H3. The summed E-state index contributed by atoms with van der Waals surface area (Å²) in [5.74, 6) is 0. The number of carbonyl (C=O) groups is 1. The van der Waals surface area contributed by atoms with Crippen LogP contribution in [0, 0.1) is 0 Å². The monoisotopic (exact) mass is 275 g/mol. The third-order valence-corrected chi connectivity index (χ3v) is 4.91. The van der Waals surface area contributed by atoms with Crippen LogP contribution in [-0.4, -0.2) is 74.1 Å². The van der Waals surface area contributed by atoms with Crippen LogP contribution >= 0.6 is 0 Å². The molecule has 0 N–H and O–H groups in total. The Labute approximate surface area is 109 Å². The van der Waals surface area contributed by atoms with Crippen LogP contribution in [0.4, 0.5) is 4.79 Å². The molecule has 0 aromatic carbocycles. The first kappa shape index (κ1) is 13.6. The average Bonchev–Trinajstić information content (AvgIpc) is 2.38. The second-order valence-corrected chi connectivity index (χ2v) is 6.96. The van der Waals surface area contributed by atoms with Gasteiger partial charge in [0.1, 0.15) is 0 Å². The fourth-order valence-corrected chi connectivity index (χ4v) is 3.32. The van der Waals surface area contributed by atoms with Gasteiger partial charge in [0.15, 0.2) is 0 Å². The van der Waals surface area contributed by atoms with Gasteiger partial charge in [-0.3, -0.25) is 0 Å². The summed E-state index contributed by atoms with van der Waals surface area (Å²) in [6, 6.07) is 0.0721. The van der Waals surface area contributed by atoms with Gasteiger partial charge in [-0.15, -0.1) is 0 Å². The molecule has 6 nitrogen and oxygen atoms in total. The first-order valence-corrected chi connectivity index (χ1v) is 8.32. The summed E-state index contributed by atoms with van der Waals surface area (Å²) in [7, 11) is -3.12. The topological polar surface area (TPSA) is 60.9 Å². The lowest BCUT2D eigenvalue weighted by molar-refractivity contribution is 0.127. The molecule has 2 saturated heterocycles. The molecule has 2 fully saturated rings. The Morgan fingerprint density at radius 2 is 1.33 bits per heavy atom. The van der Waals surface area contributed by atoms with Crippen LogP contribution in [0.15, 0.2) is 0 Å². The van der Waals surface area contributed by atoms with Crippen molar-refractivity contribution in [3.8, 4) is 0 Å². The number of hydrogen-bond acceptors (Lipinski definition) is 3. The Hall–Kier alpha value is -0.820. The van der Waals surface area contributed by atoms with Crippen LogP contribution < -0.4 is 0 Å². The van der Waals surface area contributed by atoms with E-state index in [4.69, 9.17) is 0 Å². The number of carbonyl (C=O) groups excluding carboxylic acids is 1. The zero-order chi connectivity index (χ0) is 13.2. The maximum absolute atomic E-state index is 12.2. The number of likely N-dealkylation sites (tertiary alicyclic amines) is 1. The van der Waals surface area contributed by atoms with Gasteiger partial charge in [-0.25, -0.2) is 13.2 Å². The summed E-state index contributed by atoms with van der Waals surface area (Å²) < 4.78 is 24.2. The summed E-state index contributed by atoms with van der Waals surface area (Å²) in [5.41, 5.74) is 0. The van der Waals surface area contributed by atoms with Crippen LogP contribution in [0.25, 0.3) is 0 Å². The van der Waals surface area contributed by atoms with Crippen molar-refractivity contribution in [2.45, 2.75) is 19.3 Å². The van der Waals surface area contributed by atoms with Crippen molar-refractivity contribution in [2.24, 2.45) is 0 Å². The third-order valence-electron chi connectivity index (χ3n) is 3.60. The SMILES string of the molecule is CS(=O)(=O)N1CCN(C(=O)N2CCCCC2)CC1. The molecule has 0 radical (unpaired) electrons. The number of amides is 2. The van der Waals surface area contributed by atoms with Crippen LogP contribution in [0.5, 0.6) is 0 Å². The maximum atomic E-state index is 12.2. The normalized spacial score (nSPS) is 23.2. The van der Waals surface area contributed by atoms with Crippen LogP contribution in [-0.2, 0) is 10.0 Å². The molecule has 2 rings (SSSR count). The van der Waals surface area contributed by atoms with Gasteiger partial charge in [0.25, 0.3) is 0 Å². The number of nitrogens with zero attached hydrogens (tertiary/aromatic N) is 3. The second-order valence-electron chi connectivity index (χ2n) is 4.98. The molecule has 2 amide bonds. The summed E-state index contributed by atoms with van der Waals surface area (Å²) in [6.45, 7) is 3.51. The van der Waals surface area contributed by atoms with Gasteiger partial charge < -0.3 is 9.80 Å². The molecule has 0 bridgehead atoms. The lowest BCUT2D eigenvalue weighted by Crippen LogP contribution is -2.54. The van der Waals surface area contributed by atoms with E-state index >= 15 is 0 Å². The van der Waals surface area contributed by atoms with Crippen LogP contribution in [0.3, 0.4) is 0 Å². The maximum Gasteiger partial charge on any atom is 0.320 e. The van der Waals surface area contributed by atoms with Gasteiger partial charge in [-0.2, -0.15) is 4.31 Å². The van der Waals surface area contributed by atoms with Crippen molar-refractivity contribution in [1.29, 1.82) is 0 Å². The van der Waals surface area contributed by atoms with E-state index in [0.29, 0.717) is 26.2 Å². The molecule has 0 aliphatic carbocycles. The highest BCUT2D eigenvalue weighted by Gasteiger charge is 2.28. The number of rotatable bonds is 1. The minimum Gasteiger partial charge on any atom is -0.325 e. The molecule has 2 aliphatic rings. The molecule has 0 unspecified atom stereocenters. The first-order chi connectivity index (χ1) is 8.48. The number of urea groups is 1. The predicted octanol–water partition coefficient (Wildman–Crippen LogP) is 0.170. The fraction of sp³-hybridized carbons (Fsp3) is 0.909. The molecular formula is C11H21N3O3S. The molecule has 2 heterocycles. The Morgan fingerprint density at radius 3 is 1.83 bits per heavy atom. The highest BCUT2D eigenvalue weighted by Crippen LogP contribution is 2.13. The molecule has 0 atom stereocenters. The molecule has 7 heteroatoms. The Kier molecular flexibility index (Phi) is 4.11. The summed E-state index contributed by atoms with van der Waals surface area (Å²) >= 11 is 0. The molecular weight excluding hydrogens is 254 g/mol. The van der Waals surface area contributed by atoms with Crippen molar-refractivity contribution in [3.63, 3.8) is 0 Å². The van der Waals surface area contributed by atoms with Crippen molar-refractivity contribution >= 4 is 16.1 Å². The minimum atomic E-state index is -3.12. The summed E-state index contributed by atoms with van der Waals surface area (Å²) in [5, 5.41) is 0. The van der Waals surface area contributed by atoms with E-state index in [-0.39, 0.29) is 6.03 Å². The second kappa shape index (κ2) is 5.44. The quantitative estimate of drug-likeness (QED) is 0.685. The molecule has 0 aromatic rings. The third kappa shape index (κ3) is 3.14. The Morgan fingerprint density at radius 1 is 0.833 bits per heavy atom. The van der Waals surface area contributed by atoms with E-state index in [2.05, 4.69) is 0 Å². The van der Waals surface area contributed by atoms with Crippen molar-refractivity contribution in [2.75, 3.05) is 45.5 Å². The zero-order valence-electron chi connectivity index (χ0n) is 10.8. The highest BCUT2D eigenvalue weighted by atomic mass is 32.2. The number of hydrogen-bond donors (Lipinski definition) is 0. The molecule has 0 spiro atoms. The van der Waals surface area contributed by atoms with Gasteiger partial charge in [0, 0.05) is 39.3 Å². The summed E-state index contributed by atoms with van der Waals surface area (Å²) in [4.78, 5) is 15.9.